The maximum atomic E-state index is 8.83. The van der Waals surface area contributed by atoms with Gasteiger partial charge < -0.3 is 0 Å². The van der Waals surface area contributed by atoms with Crippen LogP contribution in [0.5, 0.6) is 0 Å². The summed E-state index contributed by atoms with van der Waals surface area (Å²) in [6, 6.07) is 6.18. The average molecular weight is 226 g/mol. The molecule has 0 aromatic carbocycles. The Morgan fingerprint density at radius 1 is 1.50 bits per heavy atom. The van der Waals surface area contributed by atoms with E-state index in [9.17, 15) is 0 Å². The van der Waals surface area contributed by atoms with E-state index in [2.05, 4.69) is 19.1 Å². The monoisotopic (exact) mass is 225 g/mol. The molecule has 0 aliphatic carbocycles. The van der Waals surface area contributed by atoms with E-state index in [1.165, 1.54) is 4.88 Å². The Labute approximate surface area is 93.6 Å². The second-order valence-corrected chi connectivity index (χ2v) is 4.42. The molecular weight excluding hydrogens is 214 g/mol. The number of allylic oxidation sites excluding steroid dienone is 1. The molecule has 1 aromatic rings. The van der Waals surface area contributed by atoms with E-state index in [1.807, 2.05) is 13.0 Å². The van der Waals surface area contributed by atoms with Crippen molar-refractivity contribution < 1.29 is 0 Å². The standard InChI is InChI=1S/C11H12ClNS/c1-3-8(7-13)11(12)10-6-5-9(4-2)14-10/h5-6H,3-4H2,1-2H3. The van der Waals surface area contributed by atoms with Crippen molar-refractivity contribution >= 4 is 28.0 Å². The summed E-state index contributed by atoms with van der Waals surface area (Å²) in [4.78, 5) is 2.30. The minimum atomic E-state index is 0.611. The zero-order chi connectivity index (χ0) is 10.6. The van der Waals surface area contributed by atoms with Crippen LogP contribution in [0.4, 0.5) is 0 Å². The van der Waals surface area contributed by atoms with Crippen LogP contribution in [0.15, 0.2) is 17.7 Å². The summed E-state index contributed by atoms with van der Waals surface area (Å²) in [5.41, 5.74) is 0.663. The van der Waals surface area contributed by atoms with Gasteiger partial charge in [0.1, 0.15) is 0 Å². The predicted octanol–water partition coefficient (Wildman–Crippen LogP) is 4.19. The maximum Gasteiger partial charge on any atom is 0.0963 e. The van der Waals surface area contributed by atoms with Gasteiger partial charge in [-0.05, 0) is 25.0 Å². The minimum Gasteiger partial charge on any atom is -0.193 e. The second-order valence-electron chi connectivity index (χ2n) is 2.88. The van der Waals surface area contributed by atoms with Gasteiger partial charge in [0, 0.05) is 15.3 Å². The number of nitrogens with zero attached hydrogens (tertiary/aromatic N) is 1. The van der Waals surface area contributed by atoms with Gasteiger partial charge in [-0.25, -0.2) is 0 Å². The molecular formula is C11H12ClNS. The van der Waals surface area contributed by atoms with E-state index < -0.39 is 0 Å². The SMILES string of the molecule is CCC(C#N)=C(Cl)c1ccc(CC)s1. The molecule has 0 radical (unpaired) electrons. The van der Waals surface area contributed by atoms with Crippen molar-refractivity contribution in [2.75, 3.05) is 0 Å². The van der Waals surface area contributed by atoms with Crippen molar-refractivity contribution in [3.63, 3.8) is 0 Å². The van der Waals surface area contributed by atoms with Gasteiger partial charge in [-0.2, -0.15) is 5.26 Å². The van der Waals surface area contributed by atoms with Gasteiger partial charge in [0.25, 0.3) is 0 Å². The summed E-state index contributed by atoms with van der Waals surface area (Å²) in [5, 5.41) is 9.44. The van der Waals surface area contributed by atoms with Gasteiger partial charge in [0.15, 0.2) is 0 Å². The minimum absolute atomic E-state index is 0.611. The van der Waals surface area contributed by atoms with Crippen molar-refractivity contribution in [3.05, 3.63) is 27.5 Å². The van der Waals surface area contributed by atoms with E-state index in [-0.39, 0.29) is 0 Å². The first-order valence-corrected chi connectivity index (χ1v) is 5.80. The van der Waals surface area contributed by atoms with Crippen LogP contribution in [0.25, 0.3) is 5.03 Å². The van der Waals surface area contributed by atoms with E-state index in [0.717, 1.165) is 11.3 Å². The molecule has 0 aliphatic heterocycles. The number of thiophene rings is 1. The van der Waals surface area contributed by atoms with Crippen molar-refractivity contribution in [2.45, 2.75) is 26.7 Å². The number of hydrogen-bond donors (Lipinski definition) is 0. The summed E-state index contributed by atoms with van der Waals surface area (Å²) in [6.07, 6.45) is 1.71. The Hall–Kier alpha value is -0.780. The molecule has 0 fully saturated rings. The molecule has 0 N–H and O–H groups in total. The van der Waals surface area contributed by atoms with E-state index in [0.29, 0.717) is 17.0 Å². The Kier molecular flexibility index (Phi) is 4.19. The van der Waals surface area contributed by atoms with Crippen LogP contribution in [-0.4, -0.2) is 0 Å². The van der Waals surface area contributed by atoms with Gasteiger partial charge in [-0.15, -0.1) is 11.3 Å². The van der Waals surface area contributed by atoms with Crippen LogP contribution in [-0.2, 0) is 6.42 Å². The average Bonchev–Trinajstić information content (AvgIpc) is 2.67. The summed E-state index contributed by atoms with van der Waals surface area (Å²) in [5.74, 6) is 0. The number of halogens is 1. The molecule has 0 saturated carbocycles. The van der Waals surface area contributed by atoms with Crippen LogP contribution in [0.2, 0.25) is 0 Å². The molecule has 0 bridgehead atoms. The number of aryl methyl sites for hydroxylation is 1. The molecule has 1 aromatic heterocycles. The van der Waals surface area contributed by atoms with Crippen molar-refractivity contribution in [3.8, 4) is 6.07 Å². The molecule has 0 atom stereocenters. The number of hydrogen-bond acceptors (Lipinski definition) is 2. The molecule has 0 amide bonds. The molecule has 1 nitrogen and oxygen atoms in total. The Morgan fingerprint density at radius 3 is 2.64 bits per heavy atom. The number of nitriles is 1. The van der Waals surface area contributed by atoms with Gasteiger partial charge in [0.2, 0.25) is 0 Å². The molecule has 74 valence electrons. The summed E-state index contributed by atoms with van der Waals surface area (Å²) >= 11 is 7.77. The zero-order valence-corrected chi connectivity index (χ0v) is 9.87. The fourth-order valence-corrected chi connectivity index (χ4v) is 2.38. The van der Waals surface area contributed by atoms with Crippen LogP contribution in [0.1, 0.15) is 30.0 Å². The highest BCUT2D eigenvalue weighted by atomic mass is 35.5. The highest BCUT2D eigenvalue weighted by Gasteiger charge is 2.07. The maximum absolute atomic E-state index is 8.83. The van der Waals surface area contributed by atoms with E-state index in [1.54, 1.807) is 11.3 Å². The van der Waals surface area contributed by atoms with Gasteiger partial charge in [-0.1, -0.05) is 25.4 Å². The van der Waals surface area contributed by atoms with Crippen molar-refractivity contribution in [1.29, 1.82) is 5.26 Å². The van der Waals surface area contributed by atoms with Gasteiger partial charge in [-0.3, -0.25) is 0 Å². The molecule has 14 heavy (non-hydrogen) atoms. The Morgan fingerprint density at radius 2 is 2.21 bits per heavy atom. The molecule has 0 spiro atoms. The smallest absolute Gasteiger partial charge is 0.0963 e. The topological polar surface area (TPSA) is 23.8 Å². The predicted molar refractivity (Wildman–Crippen MR) is 62.4 cm³/mol. The lowest BCUT2D eigenvalue weighted by molar-refractivity contribution is 1.16. The molecule has 0 saturated heterocycles. The third kappa shape index (κ3) is 2.37. The second kappa shape index (κ2) is 5.19. The lowest BCUT2D eigenvalue weighted by Gasteiger charge is -1.97. The molecule has 1 rings (SSSR count). The van der Waals surface area contributed by atoms with Crippen LogP contribution in [0.3, 0.4) is 0 Å². The molecule has 0 unspecified atom stereocenters. The fraction of sp³-hybridized carbons (Fsp3) is 0.364. The fourth-order valence-electron chi connectivity index (χ4n) is 1.12. The third-order valence-electron chi connectivity index (χ3n) is 1.98. The van der Waals surface area contributed by atoms with Gasteiger partial charge in [0.05, 0.1) is 11.1 Å². The normalized spacial score (nSPS) is 12.1. The molecule has 1 heterocycles. The van der Waals surface area contributed by atoms with Crippen molar-refractivity contribution in [1.82, 2.24) is 0 Å². The first-order chi connectivity index (χ1) is 6.72. The van der Waals surface area contributed by atoms with Crippen LogP contribution < -0.4 is 0 Å². The first-order valence-electron chi connectivity index (χ1n) is 4.60. The Balaban J connectivity index is 3.05. The van der Waals surface area contributed by atoms with Crippen LogP contribution in [0, 0.1) is 11.3 Å². The Bertz CT molecular complexity index is 384. The van der Waals surface area contributed by atoms with Crippen molar-refractivity contribution in [2.24, 2.45) is 0 Å². The van der Waals surface area contributed by atoms with Gasteiger partial charge >= 0.3 is 0 Å². The summed E-state index contributed by atoms with van der Waals surface area (Å²) in [7, 11) is 0. The third-order valence-corrected chi connectivity index (χ3v) is 3.77. The molecule has 3 heteroatoms. The largest absolute Gasteiger partial charge is 0.193 e. The van der Waals surface area contributed by atoms with Crippen LogP contribution >= 0.6 is 22.9 Å². The number of rotatable bonds is 3. The summed E-state index contributed by atoms with van der Waals surface area (Å²) in [6.45, 7) is 4.05. The summed E-state index contributed by atoms with van der Waals surface area (Å²) < 4.78 is 0. The lowest BCUT2D eigenvalue weighted by Crippen LogP contribution is -1.79. The van der Waals surface area contributed by atoms with E-state index >= 15 is 0 Å². The highest BCUT2D eigenvalue weighted by molar-refractivity contribution is 7.13. The quantitative estimate of drug-likeness (QED) is 0.708. The lowest BCUT2D eigenvalue weighted by atomic mass is 10.2. The first kappa shape index (κ1) is 11.3. The highest BCUT2D eigenvalue weighted by Crippen LogP contribution is 2.30. The van der Waals surface area contributed by atoms with E-state index in [4.69, 9.17) is 16.9 Å². The molecule has 0 aliphatic rings. The zero-order valence-electron chi connectivity index (χ0n) is 8.30.